The molecule has 6 aromatic rings. The Labute approximate surface area is 256 Å². The first-order chi connectivity index (χ1) is 21.1. The van der Waals surface area contributed by atoms with Gasteiger partial charge >= 0.3 is 0 Å². The summed E-state index contributed by atoms with van der Waals surface area (Å²) in [5, 5.41) is 12.6. The molecule has 0 radical (unpaired) electrons. The van der Waals surface area contributed by atoms with Crippen LogP contribution in [-0.4, -0.2) is 19.3 Å². The molecule has 43 heavy (non-hydrogen) atoms. The summed E-state index contributed by atoms with van der Waals surface area (Å²) < 4.78 is 10.7. The van der Waals surface area contributed by atoms with Crippen molar-refractivity contribution in [3.8, 4) is 17.2 Å². The normalized spacial score (nSPS) is 11.4. The molecule has 0 spiro atoms. The van der Waals surface area contributed by atoms with Crippen molar-refractivity contribution in [2.75, 3.05) is 19.1 Å². The molecule has 0 aliphatic heterocycles. The van der Waals surface area contributed by atoms with Gasteiger partial charge in [-0.15, -0.1) is 11.3 Å². The highest BCUT2D eigenvalue weighted by atomic mass is 32.1. The molecule has 0 amide bonds. The molecule has 1 heterocycles. The minimum atomic E-state index is 0.285. The van der Waals surface area contributed by atoms with Gasteiger partial charge in [0.2, 0.25) is 0 Å². The molecule has 5 aromatic carbocycles. The van der Waals surface area contributed by atoms with E-state index in [9.17, 15) is 5.11 Å². The van der Waals surface area contributed by atoms with E-state index in [-0.39, 0.29) is 5.75 Å². The molecule has 5 heteroatoms. The maximum absolute atomic E-state index is 10.5. The predicted octanol–water partition coefficient (Wildman–Crippen LogP) is 10.4. The van der Waals surface area contributed by atoms with Crippen LogP contribution < -0.4 is 14.4 Å². The Hall–Kier alpha value is -5.26. The summed E-state index contributed by atoms with van der Waals surface area (Å²) in [6, 6.07) is 40.7. The number of fused-ring (bicyclic) bond motifs is 1. The van der Waals surface area contributed by atoms with Gasteiger partial charge in [-0.05, 0) is 113 Å². The van der Waals surface area contributed by atoms with Gasteiger partial charge in [-0.2, -0.15) is 0 Å². The second-order valence-corrected chi connectivity index (χ2v) is 11.1. The second kappa shape index (κ2) is 12.7. The third-order valence-corrected chi connectivity index (χ3v) is 8.28. The maximum atomic E-state index is 10.5. The van der Waals surface area contributed by atoms with E-state index >= 15 is 0 Å². The van der Waals surface area contributed by atoms with Gasteiger partial charge in [-0.3, -0.25) is 0 Å². The monoisotopic (exact) mass is 581 g/mol. The number of aromatic hydroxyl groups is 1. The molecular formula is C38H31NO3S. The molecule has 0 bridgehead atoms. The third kappa shape index (κ3) is 6.32. The smallest absolute Gasteiger partial charge is 0.123 e. The zero-order valence-corrected chi connectivity index (χ0v) is 24.8. The zero-order chi connectivity index (χ0) is 29.6. The van der Waals surface area contributed by atoms with Crippen molar-refractivity contribution in [2.45, 2.75) is 0 Å². The quantitative estimate of drug-likeness (QED) is 0.184. The molecule has 0 aliphatic carbocycles. The van der Waals surface area contributed by atoms with Crippen molar-refractivity contribution in [2.24, 2.45) is 0 Å². The number of thiophene rings is 1. The van der Waals surface area contributed by atoms with E-state index in [1.165, 1.54) is 0 Å². The van der Waals surface area contributed by atoms with Gasteiger partial charge in [0.05, 0.1) is 14.2 Å². The van der Waals surface area contributed by atoms with Gasteiger partial charge in [-0.1, -0.05) is 48.5 Å². The molecular weight excluding hydrogens is 550 g/mol. The van der Waals surface area contributed by atoms with E-state index in [0.717, 1.165) is 60.2 Å². The van der Waals surface area contributed by atoms with E-state index in [4.69, 9.17) is 9.47 Å². The molecule has 0 saturated carbocycles. The lowest BCUT2D eigenvalue weighted by molar-refractivity contribution is 0.415. The number of phenols is 1. The van der Waals surface area contributed by atoms with Gasteiger partial charge < -0.3 is 19.5 Å². The molecule has 4 nitrogen and oxygen atoms in total. The van der Waals surface area contributed by atoms with E-state index in [2.05, 4.69) is 89.9 Å². The predicted molar refractivity (Wildman–Crippen MR) is 182 cm³/mol. The standard InChI is InChI=1S/C38H31NO3S/c1-41-32-17-13-30(14-18-32)39(31-15-19-33(42-2)20-16-31)29-11-7-27(8-12-29)9-21-34-22-23-35(43-34)24-25-37-36-6-4-3-5-28(36)10-26-38(37)40/h3-26,40H,1-2H3. The SMILES string of the molecule is COc1ccc(N(c2ccc(C=Cc3ccc(C=Cc4c(O)ccc5ccccc45)s3)cc2)c2ccc(OC)cc2)cc1. The topological polar surface area (TPSA) is 41.9 Å². The van der Waals surface area contributed by atoms with Crippen molar-refractivity contribution in [1.29, 1.82) is 0 Å². The highest BCUT2D eigenvalue weighted by Gasteiger charge is 2.13. The summed E-state index contributed by atoms with van der Waals surface area (Å²) >= 11 is 1.71. The van der Waals surface area contributed by atoms with Crippen molar-refractivity contribution in [1.82, 2.24) is 0 Å². The fraction of sp³-hybridized carbons (Fsp3) is 0.0526. The van der Waals surface area contributed by atoms with Crippen molar-refractivity contribution in [3.05, 3.63) is 142 Å². The summed E-state index contributed by atoms with van der Waals surface area (Å²) in [5.41, 5.74) is 5.06. The van der Waals surface area contributed by atoms with Gasteiger partial charge in [0.1, 0.15) is 17.2 Å². The minimum absolute atomic E-state index is 0.285. The first-order valence-corrected chi connectivity index (χ1v) is 14.8. The van der Waals surface area contributed by atoms with Crippen LogP contribution in [0, 0.1) is 0 Å². The second-order valence-electron chi connectivity index (χ2n) is 9.95. The summed E-state index contributed by atoms with van der Waals surface area (Å²) in [7, 11) is 3.35. The van der Waals surface area contributed by atoms with Crippen LogP contribution in [-0.2, 0) is 0 Å². The van der Waals surface area contributed by atoms with Crippen LogP contribution in [0.1, 0.15) is 20.9 Å². The number of ether oxygens (including phenoxy) is 2. The number of methoxy groups -OCH3 is 2. The Morgan fingerprint density at radius 2 is 1.09 bits per heavy atom. The van der Waals surface area contributed by atoms with Crippen LogP contribution >= 0.6 is 11.3 Å². The highest BCUT2D eigenvalue weighted by molar-refractivity contribution is 7.13. The van der Waals surface area contributed by atoms with Crippen LogP contribution in [0.15, 0.2) is 121 Å². The number of hydrogen-bond acceptors (Lipinski definition) is 5. The van der Waals surface area contributed by atoms with E-state index in [1.807, 2.05) is 54.6 Å². The van der Waals surface area contributed by atoms with Crippen molar-refractivity contribution in [3.63, 3.8) is 0 Å². The van der Waals surface area contributed by atoms with Crippen LogP contribution in [0.5, 0.6) is 17.2 Å². The minimum Gasteiger partial charge on any atom is -0.507 e. The number of anilines is 3. The van der Waals surface area contributed by atoms with Crippen LogP contribution in [0.3, 0.4) is 0 Å². The van der Waals surface area contributed by atoms with Crippen molar-refractivity contribution < 1.29 is 14.6 Å². The fourth-order valence-electron chi connectivity index (χ4n) is 4.99. The molecule has 0 unspecified atom stereocenters. The van der Waals surface area contributed by atoms with E-state index < -0.39 is 0 Å². The van der Waals surface area contributed by atoms with Crippen LogP contribution in [0.25, 0.3) is 35.1 Å². The van der Waals surface area contributed by atoms with Gasteiger partial charge in [0.25, 0.3) is 0 Å². The molecule has 0 atom stereocenters. The van der Waals surface area contributed by atoms with E-state index in [1.54, 1.807) is 31.6 Å². The van der Waals surface area contributed by atoms with Gasteiger partial charge in [0.15, 0.2) is 0 Å². The van der Waals surface area contributed by atoms with E-state index in [0.29, 0.717) is 0 Å². The number of rotatable bonds is 9. The number of hydrogen-bond donors (Lipinski definition) is 1. The largest absolute Gasteiger partial charge is 0.507 e. The molecule has 212 valence electrons. The molecule has 6 rings (SSSR count). The lowest BCUT2D eigenvalue weighted by Gasteiger charge is -2.26. The third-order valence-electron chi connectivity index (χ3n) is 7.26. The van der Waals surface area contributed by atoms with Gasteiger partial charge in [0, 0.05) is 32.4 Å². The maximum Gasteiger partial charge on any atom is 0.123 e. The summed E-state index contributed by atoms with van der Waals surface area (Å²) in [6.07, 6.45) is 8.32. The summed E-state index contributed by atoms with van der Waals surface area (Å²) in [4.78, 5) is 4.48. The molecule has 1 N–H and O–H groups in total. The number of nitrogens with zero attached hydrogens (tertiary/aromatic N) is 1. The fourth-order valence-corrected chi connectivity index (χ4v) is 5.81. The van der Waals surface area contributed by atoms with Crippen LogP contribution in [0.4, 0.5) is 17.1 Å². The first kappa shape index (κ1) is 27.9. The number of benzene rings is 5. The number of phenolic OH excluding ortho intramolecular Hbond substituents is 1. The van der Waals surface area contributed by atoms with Gasteiger partial charge in [-0.25, -0.2) is 0 Å². The average molecular weight is 582 g/mol. The summed E-state index contributed by atoms with van der Waals surface area (Å²) in [5.74, 6) is 1.92. The molecule has 0 aliphatic rings. The molecule has 0 saturated heterocycles. The lowest BCUT2D eigenvalue weighted by atomic mass is 10.0. The average Bonchev–Trinajstić information content (AvgIpc) is 3.52. The highest BCUT2D eigenvalue weighted by Crippen LogP contribution is 2.36. The zero-order valence-electron chi connectivity index (χ0n) is 24.0. The Morgan fingerprint density at radius 3 is 1.67 bits per heavy atom. The molecule has 0 fully saturated rings. The molecule has 1 aromatic heterocycles. The Morgan fingerprint density at radius 1 is 0.558 bits per heavy atom. The summed E-state index contributed by atoms with van der Waals surface area (Å²) in [6.45, 7) is 0. The Bertz CT molecular complexity index is 1840. The first-order valence-electron chi connectivity index (χ1n) is 14.0. The lowest BCUT2D eigenvalue weighted by Crippen LogP contribution is -2.09. The van der Waals surface area contributed by atoms with Crippen LogP contribution in [0.2, 0.25) is 0 Å². The Kier molecular flexibility index (Phi) is 8.25. The van der Waals surface area contributed by atoms with Crippen molar-refractivity contribution >= 4 is 63.5 Å². The Balaban J connectivity index is 1.20.